The molecular formula is C37H52O8. The fraction of sp³-hybridized carbons (Fsp3) is 0.432. The topological polar surface area (TPSA) is 126 Å². The van der Waals surface area contributed by atoms with Crippen molar-refractivity contribution >= 4 is 5.97 Å². The van der Waals surface area contributed by atoms with Crippen LogP contribution in [-0.2, 0) is 19.0 Å². The van der Waals surface area contributed by atoms with E-state index < -0.39 is 42.9 Å². The monoisotopic (exact) mass is 624 g/mol. The van der Waals surface area contributed by atoms with E-state index in [1.165, 1.54) is 7.11 Å². The second-order valence-electron chi connectivity index (χ2n) is 11.6. The van der Waals surface area contributed by atoms with E-state index in [0.29, 0.717) is 12.0 Å². The van der Waals surface area contributed by atoms with Crippen molar-refractivity contribution in [3.63, 3.8) is 0 Å². The second-order valence-corrected chi connectivity index (χ2v) is 11.6. The number of hydrogen-bond donors (Lipinski definition) is 4. The normalized spacial score (nSPS) is 25.2. The first-order valence-corrected chi connectivity index (χ1v) is 15.0. The molecule has 0 aromatic carbocycles. The molecule has 1 fully saturated rings. The molecule has 0 aromatic heterocycles. The number of carbonyl (C=O) groups excluding carboxylic acids is 1. The third kappa shape index (κ3) is 16.0. The van der Waals surface area contributed by atoms with Gasteiger partial charge in [0.1, 0.15) is 24.4 Å². The van der Waals surface area contributed by atoms with Gasteiger partial charge in [0.15, 0.2) is 6.29 Å². The van der Waals surface area contributed by atoms with Crippen molar-refractivity contribution in [2.24, 2.45) is 0 Å². The van der Waals surface area contributed by atoms with Crippen molar-refractivity contribution in [3.05, 3.63) is 119 Å². The Balaban J connectivity index is 2.59. The SMILES string of the molecule is COC(=O)/C(C)=C/C=C/C(C)=C/C=C/C=C(C)/C=C/C=C(C)/C=C/C=C(C)/C=C/CC(C)(C)OC1OC(CO)C(O)C(O)C1O. The minimum atomic E-state index is -1.47. The first kappa shape index (κ1) is 39.7. The van der Waals surface area contributed by atoms with Gasteiger partial charge in [-0.15, -0.1) is 0 Å². The van der Waals surface area contributed by atoms with E-state index in [1.54, 1.807) is 13.0 Å². The van der Waals surface area contributed by atoms with Gasteiger partial charge in [-0.25, -0.2) is 4.79 Å². The van der Waals surface area contributed by atoms with Crippen LogP contribution in [0.25, 0.3) is 0 Å². The molecule has 0 radical (unpaired) electrons. The zero-order chi connectivity index (χ0) is 34.0. The van der Waals surface area contributed by atoms with Crippen molar-refractivity contribution in [1.29, 1.82) is 0 Å². The third-order valence-corrected chi connectivity index (χ3v) is 6.75. The number of carbonyl (C=O) groups is 1. The predicted molar refractivity (Wildman–Crippen MR) is 180 cm³/mol. The Hall–Kier alpha value is -3.37. The highest BCUT2D eigenvalue weighted by molar-refractivity contribution is 5.87. The molecular weight excluding hydrogens is 572 g/mol. The number of aliphatic hydroxyl groups excluding tert-OH is 4. The molecule has 1 aliphatic heterocycles. The number of rotatable bonds is 15. The van der Waals surface area contributed by atoms with Gasteiger partial charge in [-0.3, -0.25) is 0 Å². The van der Waals surface area contributed by atoms with Gasteiger partial charge in [0.05, 0.1) is 19.3 Å². The second kappa shape index (κ2) is 20.6. The zero-order valence-electron chi connectivity index (χ0n) is 27.9. The Morgan fingerprint density at radius 1 is 0.711 bits per heavy atom. The Bertz CT molecular complexity index is 1250. The zero-order valence-corrected chi connectivity index (χ0v) is 27.9. The van der Waals surface area contributed by atoms with Crippen LogP contribution in [0.1, 0.15) is 54.9 Å². The van der Waals surface area contributed by atoms with Crippen LogP contribution in [0.3, 0.4) is 0 Å². The number of aliphatic hydroxyl groups is 4. The average Bonchev–Trinajstić information content (AvgIpc) is 2.98. The number of ether oxygens (including phenoxy) is 3. The maximum absolute atomic E-state index is 11.4. The van der Waals surface area contributed by atoms with E-state index in [1.807, 2.05) is 127 Å². The summed E-state index contributed by atoms with van der Waals surface area (Å²) in [7, 11) is 1.36. The largest absolute Gasteiger partial charge is 0.466 e. The molecule has 1 saturated heterocycles. The summed E-state index contributed by atoms with van der Waals surface area (Å²) in [5.74, 6) is -0.337. The van der Waals surface area contributed by atoms with Crippen LogP contribution in [0.15, 0.2) is 119 Å². The molecule has 0 saturated carbocycles. The highest BCUT2D eigenvalue weighted by atomic mass is 16.7. The molecule has 1 aliphatic rings. The Kier molecular flexibility index (Phi) is 18.2. The lowest BCUT2D eigenvalue weighted by atomic mass is 9.98. The van der Waals surface area contributed by atoms with Crippen LogP contribution in [0.2, 0.25) is 0 Å². The van der Waals surface area contributed by atoms with E-state index in [0.717, 1.165) is 22.3 Å². The number of allylic oxidation sites excluding steroid dienone is 18. The quantitative estimate of drug-likeness (QED) is 0.105. The molecule has 5 atom stereocenters. The molecule has 1 heterocycles. The van der Waals surface area contributed by atoms with Crippen LogP contribution >= 0.6 is 0 Å². The predicted octanol–water partition coefficient (Wildman–Crippen LogP) is 5.66. The Morgan fingerprint density at radius 2 is 1.18 bits per heavy atom. The summed E-state index contributed by atoms with van der Waals surface area (Å²) in [5.41, 5.74) is 4.11. The van der Waals surface area contributed by atoms with Gasteiger partial charge in [0, 0.05) is 5.57 Å². The summed E-state index contributed by atoms with van der Waals surface area (Å²) in [4.78, 5) is 11.4. The molecule has 248 valence electrons. The van der Waals surface area contributed by atoms with Crippen LogP contribution in [-0.4, -0.2) is 76.4 Å². The molecule has 8 heteroatoms. The van der Waals surface area contributed by atoms with Crippen LogP contribution in [0.5, 0.6) is 0 Å². The van der Waals surface area contributed by atoms with E-state index in [4.69, 9.17) is 9.47 Å². The lowest BCUT2D eigenvalue weighted by molar-refractivity contribution is -0.322. The van der Waals surface area contributed by atoms with Gasteiger partial charge < -0.3 is 34.6 Å². The molecule has 0 aromatic rings. The fourth-order valence-corrected chi connectivity index (χ4v) is 3.97. The van der Waals surface area contributed by atoms with Gasteiger partial charge >= 0.3 is 5.97 Å². The summed E-state index contributed by atoms with van der Waals surface area (Å²) < 4.78 is 16.0. The van der Waals surface area contributed by atoms with Crippen LogP contribution in [0.4, 0.5) is 0 Å². The first-order valence-electron chi connectivity index (χ1n) is 15.0. The van der Waals surface area contributed by atoms with E-state index in [-0.39, 0.29) is 5.97 Å². The molecule has 0 amide bonds. The molecule has 45 heavy (non-hydrogen) atoms. The highest BCUT2D eigenvalue weighted by Gasteiger charge is 2.45. The lowest BCUT2D eigenvalue weighted by Gasteiger charge is -2.42. The number of esters is 1. The number of hydrogen-bond acceptors (Lipinski definition) is 8. The summed E-state index contributed by atoms with van der Waals surface area (Å²) in [5, 5.41) is 39.5. The van der Waals surface area contributed by atoms with Gasteiger partial charge in [-0.2, -0.15) is 0 Å². The maximum atomic E-state index is 11.4. The van der Waals surface area contributed by atoms with Crippen molar-refractivity contribution in [3.8, 4) is 0 Å². The first-order chi connectivity index (χ1) is 21.2. The summed E-state index contributed by atoms with van der Waals surface area (Å²) in [6.45, 7) is 12.9. The smallest absolute Gasteiger partial charge is 0.333 e. The Morgan fingerprint density at radius 3 is 1.67 bits per heavy atom. The van der Waals surface area contributed by atoms with Gasteiger partial charge in [-0.1, -0.05) is 113 Å². The lowest BCUT2D eigenvalue weighted by Crippen LogP contribution is -2.60. The third-order valence-electron chi connectivity index (χ3n) is 6.75. The van der Waals surface area contributed by atoms with Gasteiger partial charge in [0.25, 0.3) is 0 Å². The summed E-state index contributed by atoms with van der Waals surface area (Å²) >= 11 is 0. The van der Waals surface area contributed by atoms with Crippen molar-refractivity contribution in [1.82, 2.24) is 0 Å². The average molecular weight is 625 g/mol. The molecule has 0 aliphatic carbocycles. The maximum Gasteiger partial charge on any atom is 0.333 e. The molecule has 8 nitrogen and oxygen atoms in total. The van der Waals surface area contributed by atoms with Crippen LogP contribution < -0.4 is 0 Å². The molecule has 1 rings (SSSR count). The summed E-state index contributed by atoms with van der Waals surface area (Å²) in [6, 6.07) is 0. The van der Waals surface area contributed by atoms with Crippen molar-refractivity contribution < 1.29 is 39.4 Å². The molecule has 4 N–H and O–H groups in total. The minimum absolute atomic E-state index is 0.337. The van der Waals surface area contributed by atoms with Gasteiger partial charge in [0.2, 0.25) is 0 Å². The van der Waals surface area contributed by atoms with Crippen molar-refractivity contribution in [2.75, 3.05) is 13.7 Å². The fourth-order valence-electron chi connectivity index (χ4n) is 3.97. The minimum Gasteiger partial charge on any atom is -0.466 e. The van der Waals surface area contributed by atoms with E-state index >= 15 is 0 Å². The molecule has 0 bridgehead atoms. The van der Waals surface area contributed by atoms with Gasteiger partial charge in [-0.05, 0) is 54.9 Å². The number of methoxy groups -OCH3 is 1. The molecule has 0 spiro atoms. The van der Waals surface area contributed by atoms with Crippen molar-refractivity contribution in [2.45, 2.75) is 91.2 Å². The highest BCUT2D eigenvalue weighted by Crippen LogP contribution is 2.27. The van der Waals surface area contributed by atoms with E-state index in [9.17, 15) is 25.2 Å². The molecule has 5 unspecified atom stereocenters. The van der Waals surface area contributed by atoms with Crippen LogP contribution in [0, 0.1) is 0 Å². The summed E-state index contributed by atoms with van der Waals surface area (Å²) in [6.07, 6.45) is 23.5. The standard InChI is InChI=1S/C37H52O8/c1-26(15-9-10-16-27(2)21-13-23-30(5)35(42)43-8)17-11-18-28(3)19-12-20-29(4)22-14-24-37(6,7)45-36-34(41)33(40)32(39)31(25-38)44-36/h9-23,31-34,36,38-41H,24-25H2,1-8H3/b10-9+,17-11+,19-12+,21-13+,22-14+,26-15+,27-16+,28-18+,29-20+,30-23+. The van der Waals surface area contributed by atoms with E-state index in [2.05, 4.69) is 4.74 Å². The Labute approximate surface area is 269 Å².